The minimum absolute atomic E-state index is 0.188. The molecule has 7 nitrogen and oxygen atoms in total. The summed E-state index contributed by atoms with van der Waals surface area (Å²) in [6.07, 6.45) is 0.979. The molecule has 0 radical (unpaired) electrons. The van der Waals surface area contributed by atoms with E-state index in [9.17, 15) is 22.4 Å². The van der Waals surface area contributed by atoms with Gasteiger partial charge in [0.2, 0.25) is 15.9 Å². The summed E-state index contributed by atoms with van der Waals surface area (Å²) in [4.78, 5) is 26.3. The Kier molecular flexibility index (Phi) is 7.63. The maximum absolute atomic E-state index is 13.0. The highest BCUT2D eigenvalue weighted by Gasteiger charge is 2.30. The highest BCUT2D eigenvalue weighted by molar-refractivity contribution is 7.89. The molecule has 1 aliphatic heterocycles. The number of hydrogen-bond acceptors (Lipinski definition) is 4. The monoisotopic (exact) mass is 461 g/mol. The van der Waals surface area contributed by atoms with Crippen molar-refractivity contribution in [2.45, 2.75) is 31.1 Å². The third-order valence-electron chi connectivity index (χ3n) is 5.80. The Hall–Kier alpha value is -2.78. The first-order chi connectivity index (χ1) is 15.2. The molecule has 2 amide bonds. The molecule has 2 aromatic carbocycles. The molecule has 0 aromatic heterocycles. The molecule has 1 atom stereocenters. The average molecular weight is 462 g/mol. The number of carbonyl (C=O) groups excluding carboxylic acids is 2. The predicted molar refractivity (Wildman–Crippen MR) is 119 cm³/mol. The second-order valence-electron chi connectivity index (χ2n) is 7.85. The zero-order valence-corrected chi connectivity index (χ0v) is 19.1. The highest BCUT2D eigenvalue weighted by Crippen LogP contribution is 2.23. The normalized spacial score (nSPS) is 15.9. The molecule has 1 heterocycles. The summed E-state index contributed by atoms with van der Waals surface area (Å²) in [5.41, 5.74) is 1.36. The Morgan fingerprint density at radius 3 is 2.16 bits per heavy atom. The molecule has 0 saturated carbocycles. The van der Waals surface area contributed by atoms with Crippen LogP contribution < -0.4 is 5.32 Å². The molecule has 1 aliphatic rings. The summed E-state index contributed by atoms with van der Waals surface area (Å²) < 4.78 is 40.2. The summed E-state index contributed by atoms with van der Waals surface area (Å²) >= 11 is 0. The topological polar surface area (TPSA) is 86.8 Å². The number of sulfonamides is 1. The van der Waals surface area contributed by atoms with Crippen molar-refractivity contribution < 1.29 is 22.4 Å². The van der Waals surface area contributed by atoms with Gasteiger partial charge >= 0.3 is 0 Å². The molecule has 1 N–H and O–H groups in total. The number of hydrogen-bond donors (Lipinski definition) is 1. The van der Waals surface area contributed by atoms with Crippen molar-refractivity contribution in [2.75, 3.05) is 32.7 Å². The molecule has 9 heteroatoms. The summed E-state index contributed by atoms with van der Waals surface area (Å²) in [6, 6.07) is 12.0. The van der Waals surface area contributed by atoms with Crippen LogP contribution in [0.25, 0.3) is 0 Å². The first-order valence-corrected chi connectivity index (χ1v) is 12.1. The van der Waals surface area contributed by atoms with Crippen molar-refractivity contribution in [3.05, 3.63) is 65.5 Å². The number of nitrogens with one attached hydrogen (secondary N) is 1. The van der Waals surface area contributed by atoms with E-state index in [0.717, 1.165) is 12.0 Å². The molecule has 0 spiro atoms. The Morgan fingerprint density at radius 1 is 1.00 bits per heavy atom. The van der Waals surface area contributed by atoms with E-state index in [1.54, 1.807) is 12.1 Å². The van der Waals surface area contributed by atoms with Crippen LogP contribution >= 0.6 is 0 Å². The van der Waals surface area contributed by atoms with Gasteiger partial charge in [-0.2, -0.15) is 4.31 Å². The van der Waals surface area contributed by atoms with Crippen molar-refractivity contribution >= 4 is 21.8 Å². The number of halogens is 1. The van der Waals surface area contributed by atoms with E-state index in [1.807, 2.05) is 12.1 Å². The van der Waals surface area contributed by atoms with Crippen LogP contribution in [0.4, 0.5) is 4.39 Å². The molecule has 3 rings (SSSR count). The second kappa shape index (κ2) is 10.2. The first kappa shape index (κ1) is 23.9. The number of piperazine rings is 1. The van der Waals surface area contributed by atoms with Crippen molar-refractivity contribution in [3.8, 4) is 0 Å². The van der Waals surface area contributed by atoms with E-state index in [0.29, 0.717) is 5.92 Å². The molecule has 1 unspecified atom stereocenters. The SMILES string of the molecule is CCC(C)c1ccc(S(=O)(=O)N2CCN(C(=O)CNC(=O)c3ccc(F)cc3)CC2)cc1. The number of carbonyl (C=O) groups is 2. The fourth-order valence-electron chi connectivity index (χ4n) is 3.50. The predicted octanol–water partition coefficient (Wildman–Crippen LogP) is 2.60. The van der Waals surface area contributed by atoms with E-state index >= 15 is 0 Å². The summed E-state index contributed by atoms with van der Waals surface area (Å²) in [7, 11) is -3.63. The maximum atomic E-state index is 13.0. The van der Waals surface area contributed by atoms with Crippen LogP contribution in [-0.4, -0.2) is 62.2 Å². The number of benzene rings is 2. The van der Waals surface area contributed by atoms with Gasteiger partial charge in [0.1, 0.15) is 5.82 Å². The molecular formula is C23H28FN3O4S. The fraction of sp³-hybridized carbons (Fsp3) is 0.391. The van der Waals surface area contributed by atoms with E-state index in [-0.39, 0.29) is 49.1 Å². The van der Waals surface area contributed by atoms with Gasteiger partial charge < -0.3 is 10.2 Å². The number of rotatable bonds is 7. The highest BCUT2D eigenvalue weighted by atomic mass is 32.2. The lowest BCUT2D eigenvalue weighted by molar-refractivity contribution is -0.131. The summed E-state index contributed by atoms with van der Waals surface area (Å²) in [5, 5.41) is 2.52. The molecule has 32 heavy (non-hydrogen) atoms. The number of nitrogens with zero attached hydrogens (tertiary/aromatic N) is 2. The Labute approximate surface area is 188 Å². The van der Waals surface area contributed by atoms with Crippen LogP contribution in [0.3, 0.4) is 0 Å². The van der Waals surface area contributed by atoms with Crippen molar-refractivity contribution in [3.63, 3.8) is 0 Å². The van der Waals surface area contributed by atoms with E-state index in [4.69, 9.17) is 0 Å². The van der Waals surface area contributed by atoms with Crippen molar-refractivity contribution in [1.82, 2.24) is 14.5 Å². The molecule has 0 aliphatic carbocycles. The smallest absolute Gasteiger partial charge is 0.251 e. The summed E-state index contributed by atoms with van der Waals surface area (Å²) in [6.45, 7) is 4.84. The van der Waals surface area contributed by atoms with Crippen LogP contribution in [-0.2, 0) is 14.8 Å². The summed E-state index contributed by atoms with van der Waals surface area (Å²) in [5.74, 6) is -0.849. The van der Waals surface area contributed by atoms with Crippen LogP contribution in [0.5, 0.6) is 0 Å². The van der Waals surface area contributed by atoms with Gasteiger partial charge in [0.15, 0.2) is 0 Å². The zero-order valence-electron chi connectivity index (χ0n) is 18.3. The molecule has 172 valence electrons. The van der Waals surface area contributed by atoms with Gasteiger partial charge in [-0.3, -0.25) is 9.59 Å². The van der Waals surface area contributed by atoms with Gasteiger partial charge in [-0.1, -0.05) is 26.0 Å². The van der Waals surface area contributed by atoms with Crippen molar-refractivity contribution in [1.29, 1.82) is 0 Å². The molecule has 0 bridgehead atoms. The average Bonchev–Trinajstić information content (AvgIpc) is 2.82. The minimum atomic E-state index is -3.63. The molecule has 2 aromatic rings. The van der Waals surface area contributed by atoms with E-state index in [2.05, 4.69) is 19.2 Å². The van der Waals surface area contributed by atoms with Crippen LogP contribution in [0, 0.1) is 5.82 Å². The lowest BCUT2D eigenvalue weighted by Gasteiger charge is -2.34. The second-order valence-corrected chi connectivity index (χ2v) is 9.79. The van der Waals surface area contributed by atoms with E-state index < -0.39 is 21.7 Å². The van der Waals surface area contributed by atoms with Gasteiger partial charge in [0.25, 0.3) is 5.91 Å². The Bertz CT molecular complexity index is 1050. The lowest BCUT2D eigenvalue weighted by atomic mass is 9.99. The molecular weight excluding hydrogens is 433 g/mol. The zero-order chi connectivity index (χ0) is 23.3. The molecule has 1 fully saturated rings. The van der Waals surface area contributed by atoms with Crippen LogP contribution in [0.15, 0.2) is 53.4 Å². The number of amides is 2. The van der Waals surface area contributed by atoms with Crippen LogP contribution in [0.2, 0.25) is 0 Å². The maximum Gasteiger partial charge on any atom is 0.251 e. The van der Waals surface area contributed by atoms with Gasteiger partial charge in [-0.25, -0.2) is 12.8 Å². The van der Waals surface area contributed by atoms with E-state index in [1.165, 1.54) is 33.5 Å². The third-order valence-corrected chi connectivity index (χ3v) is 7.71. The largest absolute Gasteiger partial charge is 0.343 e. The fourth-order valence-corrected chi connectivity index (χ4v) is 4.92. The first-order valence-electron chi connectivity index (χ1n) is 10.6. The lowest BCUT2D eigenvalue weighted by Crippen LogP contribution is -2.52. The van der Waals surface area contributed by atoms with Crippen molar-refractivity contribution in [2.24, 2.45) is 0 Å². The quantitative estimate of drug-likeness (QED) is 0.687. The minimum Gasteiger partial charge on any atom is -0.343 e. The van der Waals surface area contributed by atoms with Gasteiger partial charge in [-0.15, -0.1) is 0 Å². The van der Waals surface area contributed by atoms with Gasteiger partial charge in [0.05, 0.1) is 11.4 Å². The Balaban J connectivity index is 1.53. The molecule has 1 saturated heterocycles. The van der Waals surface area contributed by atoms with Gasteiger partial charge in [0, 0.05) is 31.7 Å². The third kappa shape index (κ3) is 5.52. The Morgan fingerprint density at radius 2 is 1.59 bits per heavy atom. The standard InChI is InChI=1S/C23H28FN3O4S/c1-3-17(2)18-6-10-21(11-7-18)32(30,31)27-14-12-26(13-15-27)22(28)16-25-23(29)19-4-8-20(24)9-5-19/h4-11,17H,3,12-16H2,1-2H3,(H,25,29). The van der Waals surface area contributed by atoms with Gasteiger partial charge in [-0.05, 0) is 54.3 Å². The van der Waals surface area contributed by atoms with Crippen LogP contribution in [0.1, 0.15) is 42.1 Å².